The van der Waals surface area contributed by atoms with Crippen LogP contribution < -0.4 is 5.32 Å². The first-order valence-electron chi connectivity index (χ1n) is 10.2. The highest BCUT2D eigenvalue weighted by Crippen LogP contribution is 2.26. The Kier molecular flexibility index (Phi) is 8.34. The molecule has 168 valence electrons. The molecule has 30 heavy (non-hydrogen) atoms. The molecule has 1 aromatic rings. The number of benzene rings is 1. The fourth-order valence-corrected chi connectivity index (χ4v) is 3.92. The number of amides is 1. The zero-order valence-electron chi connectivity index (χ0n) is 17.2. The number of Topliss-reactive ketones (excluding diaryl/α,β-unsaturated/α-hetero) is 1. The third-order valence-electron chi connectivity index (χ3n) is 5.75. The third kappa shape index (κ3) is 4.99. The molecule has 0 radical (unpaired) electrons. The van der Waals surface area contributed by atoms with E-state index in [1.165, 1.54) is 0 Å². The first kappa shape index (κ1) is 24.2. The Morgan fingerprint density at radius 3 is 1.97 bits per heavy atom. The van der Waals surface area contributed by atoms with Gasteiger partial charge in [-0.1, -0.05) is 20.3 Å². The number of likely N-dealkylation sites (tertiary alicyclic amines) is 1. The molecule has 1 heterocycles. The van der Waals surface area contributed by atoms with Crippen molar-refractivity contribution in [2.45, 2.75) is 64.3 Å². The van der Waals surface area contributed by atoms with Gasteiger partial charge in [0.05, 0.1) is 12.1 Å². The van der Waals surface area contributed by atoms with E-state index < -0.39 is 58.8 Å². The van der Waals surface area contributed by atoms with Crippen molar-refractivity contribution in [3.63, 3.8) is 0 Å². The second-order valence-corrected chi connectivity index (χ2v) is 7.60. The van der Waals surface area contributed by atoms with Crippen LogP contribution in [0.3, 0.4) is 0 Å². The Morgan fingerprint density at radius 1 is 0.933 bits per heavy atom. The fraction of sp³-hybridized carbons (Fsp3) is 0.619. The van der Waals surface area contributed by atoms with Crippen LogP contribution in [0.1, 0.15) is 57.9 Å². The Bertz CT molecular complexity index is 767. The molecule has 1 atom stereocenters. The van der Waals surface area contributed by atoms with Gasteiger partial charge >= 0.3 is 0 Å². The number of rotatable bonds is 10. The number of hydrogen-bond acceptors (Lipinski definition) is 3. The van der Waals surface area contributed by atoms with E-state index in [1.807, 2.05) is 6.92 Å². The number of halogens is 5. The van der Waals surface area contributed by atoms with E-state index >= 15 is 0 Å². The third-order valence-corrected chi connectivity index (χ3v) is 5.75. The Labute approximate surface area is 172 Å². The van der Waals surface area contributed by atoms with Crippen LogP contribution in [0, 0.1) is 29.1 Å². The van der Waals surface area contributed by atoms with Crippen molar-refractivity contribution in [3.05, 3.63) is 34.6 Å². The minimum Gasteiger partial charge on any atom is -0.342 e. The van der Waals surface area contributed by atoms with Crippen molar-refractivity contribution in [2.24, 2.45) is 0 Å². The monoisotopic (exact) mass is 434 g/mol. The maximum absolute atomic E-state index is 13.9. The second kappa shape index (κ2) is 10.3. The van der Waals surface area contributed by atoms with Gasteiger partial charge in [-0.2, -0.15) is 0 Å². The van der Waals surface area contributed by atoms with Crippen molar-refractivity contribution < 1.29 is 31.5 Å². The van der Waals surface area contributed by atoms with Crippen molar-refractivity contribution >= 4 is 11.7 Å². The predicted octanol–water partition coefficient (Wildman–Crippen LogP) is 4.04. The average molecular weight is 434 g/mol. The van der Waals surface area contributed by atoms with Gasteiger partial charge in [0.25, 0.3) is 0 Å². The van der Waals surface area contributed by atoms with Crippen LogP contribution in [0.2, 0.25) is 0 Å². The molecular formula is C21H27F5N2O2. The highest BCUT2D eigenvalue weighted by molar-refractivity contribution is 5.89. The molecule has 0 saturated carbocycles. The highest BCUT2D eigenvalue weighted by Gasteiger charge is 2.36. The maximum Gasteiger partial charge on any atom is 0.236 e. The number of carbonyl (C=O) groups is 2. The summed E-state index contributed by atoms with van der Waals surface area (Å²) in [4.78, 5) is 27.0. The quantitative estimate of drug-likeness (QED) is 0.344. The van der Waals surface area contributed by atoms with Gasteiger partial charge in [-0.05, 0) is 32.1 Å². The molecule has 1 N–H and O–H groups in total. The van der Waals surface area contributed by atoms with Gasteiger partial charge < -0.3 is 4.90 Å². The zero-order valence-corrected chi connectivity index (χ0v) is 17.2. The zero-order chi connectivity index (χ0) is 22.5. The van der Waals surface area contributed by atoms with Gasteiger partial charge in [-0.15, -0.1) is 0 Å². The number of ketones is 1. The van der Waals surface area contributed by atoms with E-state index in [9.17, 15) is 31.5 Å². The molecule has 1 fully saturated rings. The van der Waals surface area contributed by atoms with E-state index in [-0.39, 0.29) is 12.5 Å². The Hall–Kier alpha value is -2.03. The lowest BCUT2D eigenvalue weighted by Gasteiger charge is -2.33. The molecule has 1 saturated heterocycles. The summed E-state index contributed by atoms with van der Waals surface area (Å²) in [6.45, 7) is 4.89. The van der Waals surface area contributed by atoms with Crippen molar-refractivity contribution in [1.29, 1.82) is 0 Å². The van der Waals surface area contributed by atoms with Crippen molar-refractivity contribution in [2.75, 3.05) is 19.6 Å². The molecule has 9 heteroatoms. The maximum atomic E-state index is 13.9. The summed E-state index contributed by atoms with van der Waals surface area (Å²) in [5, 5.41) is 3.02. The molecule has 0 aromatic heterocycles. The summed E-state index contributed by atoms with van der Waals surface area (Å²) in [7, 11) is 0. The van der Waals surface area contributed by atoms with Crippen LogP contribution >= 0.6 is 0 Å². The van der Waals surface area contributed by atoms with Gasteiger partial charge in [-0.3, -0.25) is 14.9 Å². The molecule has 0 bridgehead atoms. The normalized spacial score (nSPS) is 16.0. The lowest BCUT2D eigenvalue weighted by atomic mass is 9.83. The van der Waals surface area contributed by atoms with Crippen LogP contribution in [0.4, 0.5) is 22.0 Å². The summed E-state index contributed by atoms with van der Waals surface area (Å²) < 4.78 is 67.8. The summed E-state index contributed by atoms with van der Waals surface area (Å²) in [5.74, 6) is -10.7. The minimum atomic E-state index is -2.23. The van der Waals surface area contributed by atoms with Crippen LogP contribution in [0.15, 0.2) is 0 Å². The smallest absolute Gasteiger partial charge is 0.236 e. The lowest BCUT2D eigenvalue weighted by molar-refractivity contribution is -0.131. The molecule has 0 spiro atoms. The first-order valence-corrected chi connectivity index (χ1v) is 10.2. The topological polar surface area (TPSA) is 49.4 Å². The van der Waals surface area contributed by atoms with E-state index in [0.29, 0.717) is 32.4 Å². The summed E-state index contributed by atoms with van der Waals surface area (Å²) >= 11 is 0. The highest BCUT2D eigenvalue weighted by atomic mass is 19.2. The molecule has 1 amide bonds. The molecule has 1 unspecified atom stereocenters. The van der Waals surface area contributed by atoms with Gasteiger partial charge in [0.2, 0.25) is 11.7 Å². The average Bonchev–Trinajstić information content (AvgIpc) is 3.28. The van der Waals surface area contributed by atoms with E-state index in [1.54, 1.807) is 11.8 Å². The lowest BCUT2D eigenvalue weighted by Crippen LogP contribution is -2.54. The standard InChI is InChI=1S/C21H27F5N2O2/c1-3-9-21(4-2,27-12-15(30)28-10-5-6-11-28)14(29)8-7-13-16(22)18(24)20(26)19(25)17(13)23/h27H,3-12H2,1-2H3. The largest absolute Gasteiger partial charge is 0.342 e. The number of hydrogen-bond donors (Lipinski definition) is 1. The fourth-order valence-electron chi connectivity index (χ4n) is 3.92. The molecule has 0 aliphatic carbocycles. The molecule has 2 rings (SSSR count). The first-order chi connectivity index (χ1) is 14.2. The molecule has 4 nitrogen and oxygen atoms in total. The van der Waals surface area contributed by atoms with E-state index in [4.69, 9.17) is 0 Å². The molecule has 1 aliphatic heterocycles. The predicted molar refractivity (Wildman–Crippen MR) is 101 cm³/mol. The summed E-state index contributed by atoms with van der Waals surface area (Å²) in [6.07, 6.45) is 2.12. The molecule has 1 aromatic carbocycles. The van der Waals surface area contributed by atoms with Gasteiger partial charge in [0.1, 0.15) is 0 Å². The van der Waals surface area contributed by atoms with E-state index in [0.717, 1.165) is 12.8 Å². The Balaban J connectivity index is 2.14. The van der Waals surface area contributed by atoms with Crippen molar-refractivity contribution in [1.82, 2.24) is 10.2 Å². The molecule has 1 aliphatic rings. The SMILES string of the molecule is CCCC(CC)(NCC(=O)N1CCCC1)C(=O)CCc1c(F)c(F)c(F)c(F)c1F. The van der Waals surface area contributed by atoms with Crippen LogP contribution in [-0.4, -0.2) is 41.8 Å². The minimum absolute atomic E-state index is 0.0535. The van der Waals surface area contributed by atoms with Crippen LogP contribution in [0.25, 0.3) is 0 Å². The summed E-state index contributed by atoms with van der Waals surface area (Å²) in [6, 6.07) is 0. The Morgan fingerprint density at radius 2 is 1.47 bits per heavy atom. The van der Waals surface area contributed by atoms with Crippen molar-refractivity contribution in [3.8, 4) is 0 Å². The van der Waals surface area contributed by atoms with E-state index in [2.05, 4.69) is 5.32 Å². The number of carbonyl (C=O) groups excluding carboxylic acids is 2. The number of nitrogens with one attached hydrogen (secondary N) is 1. The van der Waals surface area contributed by atoms with Gasteiger partial charge in [0.15, 0.2) is 29.1 Å². The van der Waals surface area contributed by atoms with Gasteiger partial charge in [-0.25, -0.2) is 22.0 Å². The van der Waals surface area contributed by atoms with Crippen LogP contribution in [0.5, 0.6) is 0 Å². The number of nitrogens with zero attached hydrogens (tertiary/aromatic N) is 1. The summed E-state index contributed by atoms with van der Waals surface area (Å²) in [5.41, 5.74) is -2.11. The van der Waals surface area contributed by atoms with Crippen LogP contribution in [-0.2, 0) is 16.0 Å². The second-order valence-electron chi connectivity index (χ2n) is 7.60. The van der Waals surface area contributed by atoms with Gasteiger partial charge in [0, 0.05) is 25.1 Å². The molecular weight excluding hydrogens is 407 g/mol.